The highest BCUT2D eigenvalue weighted by molar-refractivity contribution is 9.10. The van der Waals surface area contributed by atoms with E-state index in [-0.39, 0.29) is 12.5 Å². The summed E-state index contributed by atoms with van der Waals surface area (Å²) in [5.41, 5.74) is 1.81. The van der Waals surface area contributed by atoms with E-state index in [2.05, 4.69) is 21.2 Å². The lowest BCUT2D eigenvalue weighted by Crippen LogP contribution is -2.14. The summed E-state index contributed by atoms with van der Waals surface area (Å²) in [6, 6.07) is 23.1. The monoisotopic (exact) mass is 449 g/mol. The van der Waals surface area contributed by atoms with Gasteiger partial charge in [-0.25, -0.2) is 4.79 Å². The van der Waals surface area contributed by atoms with Crippen molar-refractivity contribution in [3.8, 4) is 5.75 Å². The Bertz CT molecular complexity index is 1230. The van der Waals surface area contributed by atoms with Gasteiger partial charge in [-0.15, -0.1) is 0 Å². The first-order valence-corrected chi connectivity index (χ1v) is 9.70. The van der Waals surface area contributed by atoms with Crippen LogP contribution in [-0.2, 0) is 6.61 Å². The highest BCUT2D eigenvalue weighted by atomic mass is 79.9. The van der Waals surface area contributed by atoms with Gasteiger partial charge in [0.05, 0.1) is 5.56 Å². The Morgan fingerprint density at radius 1 is 0.966 bits per heavy atom. The van der Waals surface area contributed by atoms with Crippen LogP contribution in [0.25, 0.3) is 11.0 Å². The van der Waals surface area contributed by atoms with E-state index in [4.69, 9.17) is 9.15 Å². The van der Waals surface area contributed by atoms with Gasteiger partial charge in [0, 0.05) is 27.2 Å². The summed E-state index contributed by atoms with van der Waals surface area (Å²) in [5.74, 6) is 0.160. The number of anilines is 1. The fourth-order valence-electron chi connectivity index (χ4n) is 2.98. The molecule has 0 bridgehead atoms. The number of hydrogen-bond acceptors (Lipinski definition) is 4. The first-order chi connectivity index (χ1) is 14.1. The molecule has 4 aromatic rings. The number of benzene rings is 3. The summed E-state index contributed by atoms with van der Waals surface area (Å²) in [6.07, 6.45) is 0. The molecule has 0 spiro atoms. The summed E-state index contributed by atoms with van der Waals surface area (Å²) in [7, 11) is 0. The molecule has 0 unspecified atom stereocenters. The first kappa shape index (κ1) is 19.0. The maximum atomic E-state index is 12.7. The van der Waals surface area contributed by atoms with Crippen LogP contribution in [-0.4, -0.2) is 5.91 Å². The third-order valence-corrected chi connectivity index (χ3v) is 4.83. The van der Waals surface area contributed by atoms with Gasteiger partial charge in [-0.2, -0.15) is 0 Å². The number of nitrogens with one attached hydrogen (secondary N) is 1. The largest absolute Gasteiger partial charge is 0.488 e. The minimum absolute atomic E-state index is 0.124. The molecule has 29 heavy (non-hydrogen) atoms. The Morgan fingerprint density at radius 2 is 1.72 bits per heavy atom. The average molecular weight is 450 g/mol. The van der Waals surface area contributed by atoms with Gasteiger partial charge in [-0.3, -0.25) is 4.79 Å². The Morgan fingerprint density at radius 3 is 2.55 bits per heavy atom. The van der Waals surface area contributed by atoms with Crippen LogP contribution in [0.2, 0.25) is 0 Å². The molecule has 1 heterocycles. The molecular formula is C23H16BrNO4. The SMILES string of the molecule is O=C(Nc1ccccc1)c1ccccc1OCc1cc(=O)oc2cc(Br)ccc12. The molecule has 0 aliphatic carbocycles. The van der Waals surface area contributed by atoms with E-state index < -0.39 is 5.63 Å². The predicted octanol–water partition coefficient (Wildman–Crippen LogP) is 5.39. The molecule has 1 aromatic heterocycles. The number of ether oxygens (including phenoxy) is 1. The van der Waals surface area contributed by atoms with Crippen molar-refractivity contribution in [3.05, 3.63) is 105 Å². The zero-order valence-corrected chi connectivity index (χ0v) is 16.8. The summed E-state index contributed by atoms with van der Waals surface area (Å²) in [6.45, 7) is 0.124. The second-order valence-corrected chi connectivity index (χ2v) is 7.25. The van der Waals surface area contributed by atoms with E-state index in [1.165, 1.54) is 6.07 Å². The predicted molar refractivity (Wildman–Crippen MR) is 115 cm³/mol. The molecule has 1 N–H and O–H groups in total. The molecule has 0 atom stereocenters. The van der Waals surface area contributed by atoms with Gasteiger partial charge >= 0.3 is 5.63 Å². The number of halogens is 1. The maximum Gasteiger partial charge on any atom is 0.336 e. The second-order valence-electron chi connectivity index (χ2n) is 6.34. The van der Waals surface area contributed by atoms with Gasteiger partial charge in [0.2, 0.25) is 0 Å². The van der Waals surface area contributed by atoms with Crippen molar-refractivity contribution in [1.29, 1.82) is 0 Å². The zero-order chi connectivity index (χ0) is 20.2. The summed E-state index contributed by atoms with van der Waals surface area (Å²) in [4.78, 5) is 24.6. The van der Waals surface area contributed by atoms with E-state index >= 15 is 0 Å². The van der Waals surface area contributed by atoms with Gasteiger partial charge < -0.3 is 14.5 Å². The number of carbonyl (C=O) groups is 1. The fraction of sp³-hybridized carbons (Fsp3) is 0.0435. The van der Waals surface area contributed by atoms with Crippen LogP contribution in [0.3, 0.4) is 0 Å². The standard InChI is InChI=1S/C23H16BrNO4/c24-16-10-11-18-15(12-22(26)29-21(18)13-16)14-28-20-9-5-4-8-19(20)23(27)25-17-6-2-1-3-7-17/h1-13H,14H2,(H,25,27). The molecule has 0 aliphatic rings. The molecule has 0 aliphatic heterocycles. The van der Waals surface area contributed by atoms with Crippen LogP contribution in [0.4, 0.5) is 5.69 Å². The number of hydrogen-bond donors (Lipinski definition) is 1. The highest BCUT2D eigenvalue weighted by Gasteiger charge is 2.14. The Kier molecular flexibility index (Phi) is 5.44. The second kappa shape index (κ2) is 8.32. The molecule has 5 nitrogen and oxygen atoms in total. The van der Waals surface area contributed by atoms with Crippen LogP contribution in [0.15, 0.2) is 92.5 Å². The normalized spacial score (nSPS) is 10.7. The lowest BCUT2D eigenvalue weighted by molar-refractivity contribution is 0.102. The number of fused-ring (bicyclic) bond motifs is 1. The van der Waals surface area contributed by atoms with Crippen molar-refractivity contribution < 1.29 is 13.9 Å². The summed E-state index contributed by atoms with van der Waals surface area (Å²) < 4.78 is 12.0. The van der Waals surface area contributed by atoms with Gasteiger partial charge in [0.25, 0.3) is 5.91 Å². The van der Waals surface area contributed by atoms with E-state index in [1.54, 1.807) is 30.3 Å². The highest BCUT2D eigenvalue weighted by Crippen LogP contribution is 2.25. The molecular weight excluding hydrogens is 434 g/mol. The van der Waals surface area contributed by atoms with E-state index in [9.17, 15) is 9.59 Å². The number of carbonyl (C=O) groups excluding carboxylic acids is 1. The molecule has 1 amide bonds. The lowest BCUT2D eigenvalue weighted by atomic mass is 10.1. The van der Waals surface area contributed by atoms with E-state index in [0.717, 1.165) is 9.86 Å². The van der Waals surface area contributed by atoms with Gasteiger partial charge in [0.15, 0.2) is 0 Å². The van der Waals surface area contributed by atoms with Crippen molar-refractivity contribution in [2.75, 3.05) is 5.32 Å². The Hall–Kier alpha value is -3.38. The van der Waals surface area contributed by atoms with Crippen molar-refractivity contribution in [2.24, 2.45) is 0 Å². The average Bonchev–Trinajstić information content (AvgIpc) is 2.72. The van der Waals surface area contributed by atoms with Crippen LogP contribution in [0.1, 0.15) is 15.9 Å². The van der Waals surface area contributed by atoms with E-state index in [0.29, 0.717) is 28.1 Å². The van der Waals surface area contributed by atoms with Crippen LogP contribution in [0, 0.1) is 0 Å². The van der Waals surface area contributed by atoms with Gasteiger partial charge in [0.1, 0.15) is 17.9 Å². The van der Waals surface area contributed by atoms with Crippen molar-refractivity contribution in [1.82, 2.24) is 0 Å². The minimum Gasteiger partial charge on any atom is -0.488 e. The third-order valence-electron chi connectivity index (χ3n) is 4.34. The number of rotatable bonds is 5. The molecule has 4 rings (SSSR count). The smallest absolute Gasteiger partial charge is 0.336 e. The molecule has 0 fully saturated rings. The lowest BCUT2D eigenvalue weighted by Gasteiger charge is -2.12. The zero-order valence-electron chi connectivity index (χ0n) is 15.2. The van der Waals surface area contributed by atoms with Crippen molar-refractivity contribution in [3.63, 3.8) is 0 Å². The van der Waals surface area contributed by atoms with Gasteiger partial charge in [-0.1, -0.05) is 46.3 Å². The van der Waals surface area contributed by atoms with Gasteiger partial charge in [-0.05, 0) is 42.5 Å². The van der Waals surface area contributed by atoms with Crippen LogP contribution in [0.5, 0.6) is 5.75 Å². The van der Waals surface area contributed by atoms with Crippen molar-refractivity contribution >= 4 is 38.5 Å². The molecule has 0 saturated carbocycles. The van der Waals surface area contributed by atoms with E-state index in [1.807, 2.05) is 42.5 Å². The molecule has 3 aromatic carbocycles. The summed E-state index contributed by atoms with van der Waals surface area (Å²) >= 11 is 3.37. The molecule has 144 valence electrons. The number of para-hydroxylation sites is 2. The summed E-state index contributed by atoms with van der Waals surface area (Å²) in [5, 5.41) is 3.63. The molecule has 0 saturated heterocycles. The Balaban J connectivity index is 1.59. The number of amides is 1. The fourth-order valence-corrected chi connectivity index (χ4v) is 3.32. The molecule has 6 heteroatoms. The minimum atomic E-state index is -0.454. The van der Waals surface area contributed by atoms with Crippen LogP contribution < -0.4 is 15.7 Å². The quantitative estimate of drug-likeness (QED) is 0.414. The first-order valence-electron chi connectivity index (χ1n) is 8.91. The Labute approximate surface area is 175 Å². The topological polar surface area (TPSA) is 68.5 Å². The third kappa shape index (κ3) is 4.38. The van der Waals surface area contributed by atoms with Crippen molar-refractivity contribution in [2.45, 2.75) is 6.61 Å². The maximum absolute atomic E-state index is 12.7. The van der Waals surface area contributed by atoms with Crippen LogP contribution >= 0.6 is 15.9 Å². The molecule has 0 radical (unpaired) electrons.